The van der Waals surface area contributed by atoms with Crippen molar-refractivity contribution in [3.05, 3.63) is 58.2 Å². The predicted molar refractivity (Wildman–Crippen MR) is 132 cm³/mol. The minimum atomic E-state index is -0.733. The topological polar surface area (TPSA) is 101 Å². The molecule has 0 aliphatic carbocycles. The van der Waals surface area contributed by atoms with Crippen molar-refractivity contribution in [2.75, 3.05) is 18.0 Å². The third kappa shape index (κ3) is 4.58. The number of hydrogen-bond donors (Lipinski definition) is 1. The fourth-order valence-electron chi connectivity index (χ4n) is 4.64. The number of carbonyl (C=O) groups excluding carboxylic acids is 1. The van der Waals surface area contributed by atoms with E-state index >= 15 is 0 Å². The largest absolute Gasteiger partial charge is 0.456 e. The van der Waals surface area contributed by atoms with Gasteiger partial charge in [0.1, 0.15) is 28.8 Å². The van der Waals surface area contributed by atoms with Crippen LogP contribution in [0.3, 0.4) is 0 Å². The molecule has 4 rings (SSSR count). The summed E-state index contributed by atoms with van der Waals surface area (Å²) >= 11 is 0. The zero-order chi connectivity index (χ0) is 24.6. The first-order valence-corrected chi connectivity index (χ1v) is 11.8. The molecule has 1 saturated heterocycles. The van der Waals surface area contributed by atoms with Gasteiger partial charge >= 0.3 is 5.97 Å². The Bertz CT molecular complexity index is 1240. The van der Waals surface area contributed by atoms with Crippen LogP contribution in [0.2, 0.25) is 0 Å². The van der Waals surface area contributed by atoms with Crippen molar-refractivity contribution in [1.29, 1.82) is 5.26 Å². The van der Waals surface area contributed by atoms with Gasteiger partial charge in [0.25, 0.3) is 0 Å². The van der Waals surface area contributed by atoms with E-state index in [0.717, 1.165) is 53.8 Å². The molecule has 0 unspecified atom stereocenters. The Morgan fingerprint density at radius 3 is 2.56 bits per heavy atom. The number of rotatable bonds is 3. The molecule has 0 radical (unpaired) electrons. The highest BCUT2D eigenvalue weighted by Crippen LogP contribution is 2.44. The molecule has 1 aromatic heterocycles. The van der Waals surface area contributed by atoms with Crippen LogP contribution in [0.4, 0.5) is 5.82 Å². The molecular formula is C27H32N4O3. The number of pyridine rings is 1. The zero-order valence-electron chi connectivity index (χ0n) is 20.6. The fourth-order valence-corrected chi connectivity index (χ4v) is 4.64. The van der Waals surface area contributed by atoms with E-state index in [2.05, 4.69) is 17.0 Å². The number of carbonyl (C=O) groups is 1. The van der Waals surface area contributed by atoms with Crippen LogP contribution in [0.15, 0.2) is 47.1 Å². The number of benzene rings is 1. The molecule has 1 atom stereocenters. The molecule has 7 heteroatoms. The molecule has 2 N–H and O–H groups in total. The summed E-state index contributed by atoms with van der Waals surface area (Å²) < 4.78 is 11.4. The Labute approximate surface area is 200 Å². The number of esters is 1. The van der Waals surface area contributed by atoms with Crippen LogP contribution >= 0.6 is 0 Å². The highest BCUT2D eigenvalue weighted by Gasteiger charge is 2.40. The van der Waals surface area contributed by atoms with E-state index in [-0.39, 0.29) is 17.0 Å². The monoisotopic (exact) mass is 460 g/mol. The Morgan fingerprint density at radius 1 is 1.21 bits per heavy atom. The number of nitriles is 1. The Morgan fingerprint density at radius 2 is 1.91 bits per heavy atom. The molecule has 2 aromatic rings. The van der Waals surface area contributed by atoms with Gasteiger partial charge in [0.15, 0.2) is 0 Å². The third-order valence-electron chi connectivity index (χ3n) is 6.17. The average Bonchev–Trinajstić information content (AvgIpc) is 2.77. The maximum absolute atomic E-state index is 13.4. The molecule has 0 spiro atoms. The summed E-state index contributed by atoms with van der Waals surface area (Å²) in [6.45, 7) is 10.9. The molecule has 1 aromatic carbocycles. The molecule has 178 valence electrons. The summed E-state index contributed by atoms with van der Waals surface area (Å²) in [5.41, 5.74) is 8.71. The Hall–Kier alpha value is -3.53. The average molecular weight is 461 g/mol. The van der Waals surface area contributed by atoms with E-state index in [1.165, 1.54) is 6.42 Å². The van der Waals surface area contributed by atoms with E-state index in [4.69, 9.17) is 20.2 Å². The van der Waals surface area contributed by atoms with Crippen LogP contribution in [-0.4, -0.2) is 29.6 Å². The minimum absolute atomic E-state index is 0.00547. The van der Waals surface area contributed by atoms with Crippen LogP contribution in [0, 0.1) is 18.3 Å². The van der Waals surface area contributed by atoms with Crippen molar-refractivity contribution in [2.45, 2.75) is 65.4 Å². The van der Waals surface area contributed by atoms with Gasteiger partial charge in [-0.05, 0) is 71.6 Å². The van der Waals surface area contributed by atoms with Crippen LogP contribution in [0.25, 0.3) is 10.9 Å². The lowest BCUT2D eigenvalue weighted by Gasteiger charge is -2.34. The molecule has 0 bridgehead atoms. The van der Waals surface area contributed by atoms with E-state index in [9.17, 15) is 10.1 Å². The first kappa shape index (κ1) is 23.6. The molecule has 1 fully saturated rings. The first-order valence-electron chi connectivity index (χ1n) is 11.8. The lowest BCUT2D eigenvalue weighted by molar-refractivity contribution is -0.150. The third-order valence-corrected chi connectivity index (χ3v) is 6.17. The maximum Gasteiger partial charge on any atom is 0.338 e. The van der Waals surface area contributed by atoms with Gasteiger partial charge in [-0.1, -0.05) is 12.1 Å². The molecule has 0 amide bonds. The van der Waals surface area contributed by atoms with Gasteiger partial charge in [0.2, 0.25) is 5.88 Å². The standard InChI is InChI=1S/C27H32N4O3/c1-16-9-10-18-14-19(25(30-21(18)13-16)31-11-7-6-8-12-31)23-20(15-28)24(29)33-17(2)22(23)26(32)34-27(3,4)5/h9-10,13-14,23H,6-8,11-12,29H2,1-5H3/t23-/m1/s1. The molecule has 2 aliphatic heterocycles. The SMILES string of the molecule is CC1=C(C(=O)OC(C)(C)C)[C@H](c2cc3ccc(C)cc3nc2N2CCCCC2)C(C#N)=C(N)O1. The van der Waals surface area contributed by atoms with Crippen LogP contribution < -0.4 is 10.6 Å². The quantitative estimate of drug-likeness (QED) is 0.646. The second-order valence-corrected chi connectivity index (χ2v) is 10.0. The maximum atomic E-state index is 13.4. The molecule has 0 saturated carbocycles. The first-order chi connectivity index (χ1) is 16.1. The van der Waals surface area contributed by atoms with Crippen molar-refractivity contribution in [1.82, 2.24) is 4.98 Å². The lowest BCUT2D eigenvalue weighted by Crippen LogP contribution is -2.34. The van der Waals surface area contributed by atoms with E-state index < -0.39 is 17.5 Å². The van der Waals surface area contributed by atoms with E-state index in [0.29, 0.717) is 5.76 Å². The van der Waals surface area contributed by atoms with E-state index in [1.807, 2.05) is 45.9 Å². The van der Waals surface area contributed by atoms with Gasteiger partial charge in [-0.2, -0.15) is 5.26 Å². The second kappa shape index (κ2) is 9.02. The summed E-state index contributed by atoms with van der Waals surface area (Å²) in [5, 5.41) is 11.0. The van der Waals surface area contributed by atoms with Crippen molar-refractivity contribution in [2.24, 2.45) is 5.73 Å². The van der Waals surface area contributed by atoms with Gasteiger partial charge < -0.3 is 20.1 Å². The predicted octanol–water partition coefficient (Wildman–Crippen LogP) is 4.96. The summed E-state index contributed by atoms with van der Waals surface area (Å²) in [7, 11) is 0. The Kier molecular flexibility index (Phi) is 6.26. The van der Waals surface area contributed by atoms with E-state index in [1.54, 1.807) is 6.92 Å². The lowest BCUT2D eigenvalue weighted by atomic mass is 9.82. The summed E-state index contributed by atoms with van der Waals surface area (Å²) in [5.74, 6) is -0.137. The van der Waals surface area contributed by atoms with Crippen molar-refractivity contribution >= 4 is 22.7 Å². The molecular weight excluding hydrogens is 428 g/mol. The number of aryl methyl sites for hydroxylation is 1. The van der Waals surface area contributed by atoms with Gasteiger partial charge in [0.05, 0.1) is 17.0 Å². The Balaban J connectivity index is 1.97. The number of fused-ring (bicyclic) bond motifs is 1. The number of allylic oxidation sites excluding steroid dienone is 2. The minimum Gasteiger partial charge on any atom is -0.456 e. The van der Waals surface area contributed by atoms with Crippen molar-refractivity contribution < 1.29 is 14.3 Å². The number of hydrogen-bond acceptors (Lipinski definition) is 7. The van der Waals surface area contributed by atoms with Gasteiger partial charge in [-0.3, -0.25) is 0 Å². The smallest absolute Gasteiger partial charge is 0.338 e. The zero-order valence-corrected chi connectivity index (χ0v) is 20.6. The van der Waals surface area contributed by atoms with Crippen LogP contribution in [0.5, 0.6) is 0 Å². The summed E-state index contributed by atoms with van der Waals surface area (Å²) in [6.07, 6.45) is 3.31. The normalized spacial score (nSPS) is 19.2. The number of nitrogens with zero attached hydrogens (tertiary/aromatic N) is 3. The van der Waals surface area contributed by atoms with Crippen molar-refractivity contribution in [3.8, 4) is 6.07 Å². The number of nitrogens with two attached hydrogens (primary N) is 1. The number of piperidine rings is 1. The number of anilines is 1. The molecule has 34 heavy (non-hydrogen) atoms. The fraction of sp³-hybridized carbons (Fsp3) is 0.444. The molecule has 3 heterocycles. The summed E-state index contributed by atoms with van der Waals surface area (Å²) in [4.78, 5) is 20.7. The summed E-state index contributed by atoms with van der Waals surface area (Å²) in [6, 6.07) is 10.3. The van der Waals surface area contributed by atoms with Crippen LogP contribution in [-0.2, 0) is 14.3 Å². The van der Waals surface area contributed by atoms with Gasteiger partial charge in [-0.25, -0.2) is 9.78 Å². The highest BCUT2D eigenvalue weighted by molar-refractivity contribution is 5.94. The second-order valence-electron chi connectivity index (χ2n) is 10.0. The molecule has 2 aliphatic rings. The molecule has 7 nitrogen and oxygen atoms in total. The highest BCUT2D eigenvalue weighted by atomic mass is 16.6. The number of ether oxygens (including phenoxy) is 2. The van der Waals surface area contributed by atoms with Gasteiger partial charge in [-0.15, -0.1) is 0 Å². The van der Waals surface area contributed by atoms with Crippen LogP contribution in [0.1, 0.15) is 64.0 Å². The number of aromatic nitrogens is 1. The van der Waals surface area contributed by atoms with Gasteiger partial charge in [0, 0.05) is 24.0 Å². The van der Waals surface area contributed by atoms with Crippen molar-refractivity contribution in [3.63, 3.8) is 0 Å².